The Bertz CT molecular complexity index is 354. The fourth-order valence-electron chi connectivity index (χ4n) is 1.80. The SMILES string of the molecule is OC(Cl)CC1CCc2cc(F)ccc2O1. The molecule has 2 unspecified atom stereocenters. The number of aliphatic hydroxyl groups is 1. The second-order valence-corrected chi connectivity index (χ2v) is 4.20. The lowest BCUT2D eigenvalue weighted by atomic mass is 10.0. The van der Waals surface area contributed by atoms with Crippen LogP contribution in [0.1, 0.15) is 18.4 Å². The van der Waals surface area contributed by atoms with E-state index in [1.54, 1.807) is 6.07 Å². The first-order valence-electron chi connectivity index (χ1n) is 4.92. The van der Waals surface area contributed by atoms with E-state index in [1.807, 2.05) is 0 Å². The normalized spacial score (nSPS) is 21.7. The summed E-state index contributed by atoms with van der Waals surface area (Å²) >= 11 is 5.48. The summed E-state index contributed by atoms with van der Waals surface area (Å²) in [6.07, 6.45) is 1.86. The molecule has 4 heteroatoms. The van der Waals surface area contributed by atoms with Gasteiger partial charge in [-0.3, -0.25) is 0 Å². The molecule has 2 rings (SSSR count). The Labute approximate surface area is 92.6 Å². The number of fused-ring (bicyclic) bond motifs is 1. The maximum atomic E-state index is 12.9. The largest absolute Gasteiger partial charge is 0.490 e. The van der Waals surface area contributed by atoms with Crippen molar-refractivity contribution in [2.45, 2.75) is 30.9 Å². The number of benzene rings is 1. The van der Waals surface area contributed by atoms with Gasteiger partial charge in [-0.15, -0.1) is 0 Å². The Balaban J connectivity index is 2.10. The molecule has 0 amide bonds. The molecule has 0 saturated carbocycles. The lowest BCUT2D eigenvalue weighted by Gasteiger charge is -2.26. The molecule has 2 nitrogen and oxygen atoms in total. The van der Waals surface area contributed by atoms with E-state index in [0.717, 1.165) is 18.4 Å². The van der Waals surface area contributed by atoms with Gasteiger partial charge in [-0.2, -0.15) is 0 Å². The van der Waals surface area contributed by atoms with Gasteiger partial charge in [0.05, 0.1) is 0 Å². The maximum Gasteiger partial charge on any atom is 0.131 e. The van der Waals surface area contributed by atoms with Gasteiger partial charge < -0.3 is 9.84 Å². The third-order valence-corrected chi connectivity index (χ3v) is 2.69. The molecule has 82 valence electrons. The second kappa shape index (κ2) is 4.37. The molecular formula is C11H12ClFO2. The number of aliphatic hydroxyl groups excluding tert-OH is 1. The van der Waals surface area contributed by atoms with E-state index in [2.05, 4.69) is 0 Å². The lowest BCUT2D eigenvalue weighted by molar-refractivity contribution is 0.119. The number of hydrogen-bond acceptors (Lipinski definition) is 2. The Hall–Kier alpha value is -0.800. The molecule has 1 heterocycles. The van der Waals surface area contributed by atoms with Crippen molar-refractivity contribution < 1.29 is 14.2 Å². The van der Waals surface area contributed by atoms with Crippen molar-refractivity contribution in [1.29, 1.82) is 0 Å². The molecule has 0 radical (unpaired) electrons. The van der Waals surface area contributed by atoms with Crippen LogP contribution in [0.25, 0.3) is 0 Å². The van der Waals surface area contributed by atoms with E-state index in [-0.39, 0.29) is 11.9 Å². The number of hydrogen-bond donors (Lipinski definition) is 1. The molecule has 15 heavy (non-hydrogen) atoms. The second-order valence-electron chi connectivity index (χ2n) is 3.70. The molecule has 0 aromatic heterocycles. The zero-order valence-electron chi connectivity index (χ0n) is 8.12. The summed E-state index contributed by atoms with van der Waals surface area (Å²) in [6, 6.07) is 4.48. The van der Waals surface area contributed by atoms with E-state index >= 15 is 0 Å². The highest BCUT2D eigenvalue weighted by atomic mass is 35.5. The van der Waals surface area contributed by atoms with Gasteiger partial charge in [0.2, 0.25) is 0 Å². The number of alkyl halides is 1. The predicted molar refractivity (Wildman–Crippen MR) is 55.6 cm³/mol. The molecule has 0 bridgehead atoms. The van der Waals surface area contributed by atoms with Crippen LogP contribution in [-0.2, 0) is 6.42 Å². The van der Waals surface area contributed by atoms with Crippen molar-refractivity contribution >= 4 is 11.6 Å². The highest BCUT2D eigenvalue weighted by molar-refractivity contribution is 6.19. The van der Waals surface area contributed by atoms with Crippen molar-refractivity contribution in [3.8, 4) is 5.75 Å². The average molecular weight is 231 g/mol. The standard InChI is InChI=1S/C11H12ClFO2/c12-11(14)6-9-3-1-7-5-8(13)2-4-10(7)15-9/h2,4-5,9,11,14H,1,3,6H2. The van der Waals surface area contributed by atoms with Crippen molar-refractivity contribution in [3.05, 3.63) is 29.6 Å². The van der Waals surface area contributed by atoms with Gasteiger partial charge in [-0.25, -0.2) is 4.39 Å². The lowest BCUT2D eigenvalue weighted by Crippen LogP contribution is -2.25. The van der Waals surface area contributed by atoms with Gasteiger partial charge in [0.25, 0.3) is 0 Å². The van der Waals surface area contributed by atoms with E-state index in [4.69, 9.17) is 21.4 Å². The molecule has 2 atom stereocenters. The highest BCUT2D eigenvalue weighted by Crippen LogP contribution is 2.29. The summed E-state index contributed by atoms with van der Waals surface area (Å²) in [5.74, 6) is 0.457. The van der Waals surface area contributed by atoms with E-state index in [0.29, 0.717) is 12.2 Å². The van der Waals surface area contributed by atoms with Crippen LogP contribution in [0.5, 0.6) is 5.75 Å². The zero-order chi connectivity index (χ0) is 10.8. The monoisotopic (exact) mass is 230 g/mol. The molecule has 1 aliphatic heterocycles. The summed E-state index contributed by atoms with van der Waals surface area (Å²) in [5, 5.41) is 9.02. The minimum atomic E-state index is -0.878. The van der Waals surface area contributed by atoms with Crippen LogP contribution in [0, 0.1) is 5.82 Å². The quantitative estimate of drug-likeness (QED) is 0.791. The maximum absolute atomic E-state index is 12.9. The molecule has 0 fully saturated rings. The first-order chi connectivity index (χ1) is 7.15. The van der Waals surface area contributed by atoms with Crippen LogP contribution < -0.4 is 4.74 Å². The number of ether oxygens (including phenoxy) is 1. The Morgan fingerprint density at radius 2 is 2.40 bits per heavy atom. The molecular weight excluding hydrogens is 219 g/mol. The van der Waals surface area contributed by atoms with Crippen molar-refractivity contribution in [2.75, 3.05) is 0 Å². The molecule has 1 aromatic carbocycles. The summed E-state index contributed by atoms with van der Waals surface area (Å²) in [6.45, 7) is 0. The molecule has 1 aliphatic rings. The molecule has 1 N–H and O–H groups in total. The van der Waals surface area contributed by atoms with Gasteiger partial charge in [-0.05, 0) is 36.6 Å². The van der Waals surface area contributed by atoms with Crippen LogP contribution in [0.15, 0.2) is 18.2 Å². The van der Waals surface area contributed by atoms with Crippen LogP contribution in [0.2, 0.25) is 0 Å². The zero-order valence-corrected chi connectivity index (χ0v) is 8.88. The smallest absolute Gasteiger partial charge is 0.131 e. The van der Waals surface area contributed by atoms with Gasteiger partial charge in [0, 0.05) is 6.42 Å². The summed E-state index contributed by atoms with van der Waals surface area (Å²) < 4.78 is 18.5. The van der Waals surface area contributed by atoms with E-state index in [9.17, 15) is 4.39 Å². The molecule has 0 aliphatic carbocycles. The first kappa shape index (κ1) is 10.7. The van der Waals surface area contributed by atoms with Gasteiger partial charge in [0.1, 0.15) is 23.2 Å². The van der Waals surface area contributed by atoms with Crippen LogP contribution in [0.4, 0.5) is 4.39 Å². The van der Waals surface area contributed by atoms with Crippen LogP contribution in [-0.4, -0.2) is 16.8 Å². The summed E-state index contributed by atoms with van der Waals surface area (Å²) in [5.41, 5.74) is 0.00677. The van der Waals surface area contributed by atoms with Crippen LogP contribution >= 0.6 is 11.6 Å². The number of rotatable bonds is 2. The van der Waals surface area contributed by atoms with E-state index in [1.165, 1.54) is 12.1 Å². The third kappa shape index (κ3) is 2.61. The van der Waals surface area contributed by atoms with Gasteiger partial charge >= 0.3 is 0 Å². The van der Waals surface area contributed by atoms with Crippen molar-refractivity contribution in [1.82, 2.24) is 0 Å². The fourth-order valence-corrected chi connectivity index (χ4v) is 1.99. The molecule has 0 saturated heterocycles. The Morgan fingerprint density at radius 1 is 1.60 bits per heavy atom. The van der Waals surface area contributed by atoms with Crippen molar-refractivity contribution in [3.63, 3.8) is 0 Å². The topological polar surface area (TPSA) is 29.5 Å². The Kier molecular flexibility index (Phi) is 3.12. The molecule has 0 spiro atoms. The third-order valence-electron chi connectivity index (χ3n) is 2.51. The van der Waals surface area contributed by atoms with Gasteiger partial charge in [0.15, 0.2) is 0 Å². The number of halogens is 2. The Morgan fingerprint density at radius 3 is 3.13 bits per heavy atom. The summed E-state index contributed by atoms with van der Waals surface area (Å²) in [7, 11) is 0. The van der Waals surface area contributed by atoms with Gasteiger partial charge in [-0.1, -0.05) is 11.6 Å². The van der Waals surface area contributed by atoms with Crippen molar-refractivity contribution in [2.24, 2.45) is 0 Å². The molecule has 1 aromatic rings. The van der Waals surface area contributed by atoms with Crippen LogP contribution in [0.3, 0.4) is 0 Å². The summed E-state index contributed by atoms with van der Waals surface area (Å²) in [4.78, 5) is 0. The number of aryl methyl sites for hydroxylation is 1. The minimum Gasteiger partial charge on any atom is -0.490 e. The average Bonchev–Trinajstić information content (AvgIpc) is 2.17. The minimum absolute atomic E-state index is 0.0736. The fraction of sp³-hybridized carbons (Fsp3) is 0.455. The van der Waals surface area contributed by atoms with E-state index < -0.39 is 5.56 Å². The first-order valence-corrected chi connectivity index (χ1v) is 5.36. The predicted octanol–water partition coefficient (Wildman–Crippen LogP) is 2.47. The highest BCUT2D eigenvalue weighted by Gasteiger charge is 2.21.